The minimum atomic E-state index is -3.81. The first-order chi connectivity index (χ1) is 13.7. The molecule has 29 heavy (non-hydrogen) atoms. The van der Waals surface area contributed by atoms with Gasteiger partial charge in [-0.05, 0) is 50.3 Å². The minimum Gasteiger partial charge on any atom is -0.352 e. The zero-order valence-corrected chi connectivity index (χ0v) is 19.0. The smallest absolute Gasteiger partial charge is 0.241 e. The van der Waals surface area contributed by atoms with Crippen molar-refractivity contribution in [2.75, 3.05) is 0 Å². The van der Waals surface area contributed by atoms with Crippen LogP contribution in [0.25, 0.3) is 10.2 Å². The molecule has 0 spiro atoms. The van der Waals surface area contributed by atoms with Gasteiger partial charge < -0.3 is 5.32 Å². The zero-order valence-electron chi connectivity index (χ0n) is 17.4. The molecule has 2 aromatic rings. The van der Waals surface area contributed by atoms with Crippen molar-refractivity contribution < 1.29 is 13.2 Å². The predicted molar refractivity (Wildman–Crippen MR) is 118 cm³/mol. The standard InChI is InChI=1S/C21H31N3O3S2/c1-14(2)12-19(21(25)23-16-8-6-4-5-7-9-16)24-29(26,27)17-10-11-18-20(13-17)28-15(3)22-18/h10-11,13-14,16,19,24H,4-9,12H2,1-3H3,(H,23,25). The van der Waals surface area contributed by atoms with Crippen molar-refractivity contribution in [3.8, 4) is 0 Å². The number of fused-ring (bicyclic) bond motifs is 1. The van der Waals surface area contributed by atoms with Crippen LogP contribution < -0.4 is 10.0 Å². The molecule has 1 atom stereocenters. The second kappa shape index (κ2) is 9.53. The quantitative estimate of drug-likeness (QED) is 0.637. The van der Waals surface area contributed by atoms with Crippen molar-refractivity contribution in [3.63, 3.8) is 0 Å². The van der Waals surface area contributed by atoms with Crippen LogP contribution >= 0.6 is 11.3 Å². The van der Waals surface area contributed by atoms with Crippen LogP contribution in [0.2, 0.25) is 0 Å². The van der Waals surface area contributed by atoms with Gasteiger partial charge in [-0.2, -0.15) is 4.72 Å². The highest BCUT2D eigenvalue weighted by Gasteiger charge is 2.28. The van der Waals surface area contributed by atoms with Gasteiger partial charge in [0, 0.05) is 6.04 Å². The lowest BCUT2D eigenvalue weighted by molar-refractivity contribution is -0.123. The van der Waals surface area contributed by atoms with Crippen LogP contribution in [-0.2, 0) is 14.8 Å². The molecule has 1 amide bonds. The van der Waals surface area contributed by atoms with E-state index in [0.717, 1.165) is 40.9 Å². The van der Waals surface area contributed by atoms with E-state index in [-0.39, 0.29) is 22.8 Å². The molecule has 1 unspecified atom stereocenters. The van der Waals surface area contributed by atoms with Crippen LogP contribution in [0.3, 0.4) is 0 Å². The van der Waals surface area contributed by atoms with Crippen molar-refractivity contribution in [1.29, 1.82) is 0 Å². The van der Waals surface area contributed by atoms with Crippen molar-refractivity contribution in [1.82, 2.24) is 15.0 Å². The number of hydrogen-bond donors (Lipinski definition) is 2. The number of thiazole rings is 1. The molecule has 1 saturated carbocycles. The molecule has 1 aliphatic carbocycles. The van der Waals surface area contributed by atoms with Gasteiger partial charge in [-0.15, -0.1) is 11.3 Å². The van der Waals surface area contributed by atoms with E-state index in [1.165, 1.54) is 24.2 Å². The lowest BCUT2D eigenvalue weighted by Gasteiger charge is -2.23. The van der Waals surface area contributed by atoms with E-state index in [9.17, 15) is 13.2 Å². The van der Waals surface area contributed by atoms with E-state index in [2.05, 4.69) is 15.0 Å². The summed E-state index contributed by atoms with van der Waals surface area (Å²) in [6.07, 6.45) is 7.02. The molecule has 2 N–H and O–H groups in total. The van der Waals surface area contributed by atoms with Gasteiger partial charge in [0.1, 0.15) is 6.04 Å². The number of carbonyl (C=O) groups is 1. The molecule has 3 rings (SSSR count). The molecular formula is C21H31N3O3S2. The van der Waals surface area contributed by atoms with Gasteiger partial charge in [0.05, 0.1) is 20.1 Å². The van der Waals surface area contributed by atoms with E-state index in [0.29, 0.717) is 6.42 Å². The largest absolute Gasteiger partial charge is 0.352 e. The Hall–Kier alpha value is -1.51. The van der Waals surface area contributed by atoms with Crippen molar-refractivity contribution in [3.05, 3.63) is 23.2 Å². The number of nitrogens with one attached hydrogen (secondary N) is 2. The molecule has 6 nitrogen and oxygen atoms in total. The van der Waals surface area contributed by atoms with Crippen LogP contribution in [0.5, 0.6) is 0 Å². The number of aromatic nitrogens is 1. The van der Waals surface area contributed by atoms with E-state index < -0.39 is 16.1 Å². The van der Waals surface area contributed by atoms with Crippen molar-refractivity contribution >= 4 is 37.5 Å². The normalized spacial score (nSPS) is 17.4. The number of sulfonamides is 1. The maximum Gasteiger partial charge on any atom is 0.241 e. The topological polar surface area (TPSA) is 88.2 Å². The number of amides is 1. The molecule has 1 aliphatic rings. The number of nitrogens with zero attached hydrogens (tertiary/aromatic N) is 1. The van der Waals surface area contributed by atoms with E-state index in [1.54, 1.807) is 18.2 Å². The maximum absolute atomic E-state index is 13.0. The lowest BCUT2D eigenvalue weighted by Crippen LogP contribution is -2.50. The third-order valence-corrected chi connectivity index (χ3v) is 7.70. The van der Waals surface area contributed by atoms with Gasteiger partial charge in [0.15, 0.2) is 0 Å². The number of benzene rings is 1. The average Bonchev–Trinajstić information content (AvgIpc) is 2.83. The average molecular weight is 438 g/mol. The Morgan fingerprint density at radius 3 is 2.55 bits per heavy atom. The third-order valence-electron chi connectivity index (χ3n) is 5.30. The molecule has 0 saturated heterocycles. The lowest BCUT2D eigenvalue weighted by atomic mass is 10.0. The van der Waals surface area contributed by atoms with Gasteiger partial charge in [0.25, 0.3) is 0 Å². The molecule has 1 aromatic heterocycles. The van der Waals surface area contributed by atoms with Crippen molar-refractivity contribution in [2.24, 2.45) is 5.92 Å². The van der Waals surface area contributed by atoms with E-state index >= 15 is 0 Å². The van der Waals surface area contributed by atoms with Gasteiger partial charge in [-0.3, -0.25) is 4.79 Å². The molecule has 1 fully saturated rings. The van der Waals surface area contributed by atoms with E-state index in [1.807, 2.05) is 20.8 Å². The van der Waals surface area contributed by atoms with Gasteiger partial charge >= 0.3 is 0 Å². The fourth-order valence-corrected chi connectivity index (χ4v) is 6.02. The summed E-state index contributed by atoms with van der Waals surface area (Å²) in [5, 5.41) is 3.99. The Balaban J connectivity index is 1.77. The second-order valence-electron chi connectivity index (χ2n) is 8.36. The summed E-state index contributed by atoms with van der Waals surface area (Å²) in [7, 11) is -3.81. The fraction of sp³-hybridized carbons (Fsp3) is 0.619. The zero-order chi connectivity index (χ0) is 21.0. The number of hydrogen-bond acceptors (Lipinski definition) is 5. The number of aryl methyl sites for hydroxylation is 1. The fourth-order valence-electron chi connectivity index (χ4n) is 3.85. The molecule has 1 heterocycles. The molecule has 0 bridgehead atoms. The maximum atomic E-state index is 13.0. The molecular weight excluding hydrogens is 406 g/mol. The van der Waals surface area contributed by atoms with Crippen LogP contribution in [-0.4, -0.2) is 31.4 Å². The Kier molecular flexibility index (Phi) is 7.29. The van der Waals surface area contributed by atoms with Crippen LogP contribution in [0.4, 0.5) is 0 Å². The molecule has 8 heteroatoms. The van der Waals surface area contributed by atoms with Crippen LogP contribution in [0, 0.1) is 12.8 Å². The highest BCUT2D eigenvalue weighted by Crippen LogP contribution is 2.25. The van der Waals surface area contributed by atoms with Gasteiger partial charge in [0.2, 0.25) is 15.9 Å². The highest BCUT2D eigenvalue weighted by atomic mass is 32.2. The molecule has 0 aliphatic heterocycles. The minimum absolute atomic E-state index is 0.140. The highest BCUT2D eigenvalue weighted by molar-refractivity contribution is 7.89. The monoisotopic (exact) mass is 437 g/mol. The summed E-state index contributed by atoms with van der Waals surface area (Å²) in [6, 6.07) is 4.27. The van der Waals surface area contributed by atoms with Crippen LogP contribution in [0.15, 0.2) is 23.1 Å². The SMILES string of the molecule is Cc1nc2ccc(S(=O)(=O)NC(CC(C)C)C(=O)NC3CCCCCC3)cc2s1. The molecule has 0 radical (unpaired) electrons. The first kappa shape index (κ1) is 22.2. The summed E-state index contributed by atoms with van der Waals surface area (Å²) >= 11 is 1.46. The van der Waals surface area contributed by atoms with Gasteiger partial charge in [-0.25, -0.2) is 13.4 Å². The Morgan fingerprint density at radius 1 is 1.21 bits per heavy atom. The van der Waals surface area contributed by atoms with Crippen LogP contribution in [0.1, 0.15) is 63.8 Å². The summed E-state index contributed by atoms with van der Waals surface area (Å²) in [6.45, 7) is 5.88. The summed E-state index contributed by atoms with van der Waals surface area (Å²) < 4.78 is 29.5. The first-order valence-corrected chi connectivity index (χ1v) is 12.7. The summed E-state index contributed by atoms with van der Waals surface area (Å²) in [5.41, 5.74) is 0.788. The Labute approximate surface area is 177 Å². The Morgan fingerprint density at radius 2 is 1.90 bits per heavy atom. The molecule has 160 valence electrons. The van der Waals surface area contributed by atoms with E-state index in [4.69, 9.17) is 0 Å². The summed E-state index contributed by atoms with van der Waals surface area (Å²) in [4.78, 5) is 17.5. The van der Waals surface area contributed by atoms with Gasteiger partial charge in [-0.1, -0.05) is 39.5 Å². The van der Waals surface area contributed by atoms with Crippen molar-refractivity contribution in [2.45, 2.75) is 82.7 Å². The number of rotatable bonds is 7. The summed E-state index contributed by atoms with van der Waals surface area (Å²) in [5.74, 6) is -0.0295. The Bertz CT molecular complexity index is 945. The predicted octanol–water partition coefficient (Wildman–Crippen LogP) is 4.14. The first-order valence-electron chi connectivity index (χ1n) is 10.4. The number of carbonyl (C=O) groups excluding carboxylic acids is 1. The third kappa shape index (κ3) is 5.99. The molecule has 1 aromatic carbocycles. The second-order valence-corrected chi connectivity index (χ2v) is 11.3.